The van der Waals surface area contributed by atoms with E-state index >= 15 is 0 Å². The summed E-state index contributed by atoms with van der Waals surface area (Å²) in [6, 6.07) is 3.67. The van der Waals surface area contributed by atoms with Crippen LogP contribution in [0.15, 0.2) is 35.3 Å². The third kappa shape index (κ3) is 4.35. The first-order valence-electron chi connectivity index (χ1n) is 11.4. The minimum atomic E-state index is -2.09. The zero-order chi connectivity index (χ0) is 25.6. The first kappa shape index (κ1) is 24.7. The molecule has 3 N–H and O–H groups in total. The van der Waals surface area contributed by atoms with Crippen LogP contribution >= 0.6 is 15.9 Å². The van der Waals surface area contributed by atoms with E-state index in [1.54, 1.807) is 43.3 Å². The highest BCUT2D eigenvalue weighted by atomic mass is 79.9. The number of hydrogen-bond donors (Lipinski definition) is 3. The van der Waals surface area contributed by atoms with Gasteiger partial charge in [0, 0.05) is 37.1 Å². The lowest BCUT2D eigenvalue weighted by atomic mass is 9.87. The SMILES string of the molecule is CNC(=O)[C@]1(C)CC[C@@H](Nc2ncc3c(Br)nn(-c4cc(C(C)S(=O)O)c5nccnc5c4)c3n2)C1. The summed E-state index contributed by atoms with van der Waals surface area (Å²) in [4.78, 5) is 30.3. The lowest BCUT2D eigenvalue weighted by Crippen LogP contribution is -2.35. The minimum Gasteiger partial charge on any atom is -0.359 e. The third-order valence-electron chi connectivity index (χ3n) is 6.80. The van der Waals surface area contributed by atoms with Gasteiger partial charge in [0.2, 0.25) is 11.9 Å². The molecule has 0 bridgehead atoms. The maximum absolute atomic E-state index is 12.3. The van der Waals surface area contributed by atoms with Crippen LogP contribution in [0.1, 0.15) is 43.9 Å². The number of carbonyl (C=O) groups is 1. The van der Waals surface area contributed by atoms with Crippen molar-refractivity contribution in [1.29, 1.82) is 0 Å². The van der Waals surface area contributed by atoms with E-state index in [-0.39, 0.29) is 11.9 Å². The second-order valence-corrected chi connectivity index (χ2v) is 11.2. The first-order chi connectivity index (χ1) is 17.2. The molecule has 1 amide bonds. The topological polar surface area (TPSA) is 148 Å². The summed E-state index contributed by atoms with van der Waals surface area (Å²) >= 11 is 1.40. The Morgan fingerprint density at radius 2 is 2.08 bits per heavy atom. The Morgan fingerprint density at radius 1 is 1.31 bits per heavy atom. The molecule has 5 rings (SSSR count). The monoisotopic (exact) mass is 572 g/mol. The second-order valence-electron chi connectivity index (χ2n) is 9.23. The van der Waals surface area contributed by atoms with Crippen LogP contribution in [-0.4, -0.2) is 57.5 Å². The molecule has 0 spiro atoms. The van der Waals surface area contributed by atoms with Gasteiger partial charge in [-0.15, -0.1) is 0 Å². The van der Waals surface area contributed by atoms with Gasteiger partial charge in [-0.3, -0.25) is 14.8 Å². The molecule has 0 saturated heterocycles. The Balaban J connectivity index is 1.55. The summed E-state index contributed by atoms with van der Waals surface area (Å²) in [6.45, 7) is 3.64. The van der Waals surface area contributed by atoms with E-state index in [2.05, 4.69) is 46.6 Å². The normalized spacial score (nSPS) is 21.5. The van der Waals surface area contributed by atoms with Crippen LogP contribution in [0.2, 0.25) is 0 Å². The van der Waals surface area contributed by atoms with Crippen molar-refractivity contribution in [1.82, 2.24) is 35.0 Å². The third-order valence-corrected chi connectivity index (χ3v) is 8.25. The van der Waals surface area contributed by atoms with Crippen molar-refractivity contribution in [2.75, 3.05) is 12.4 Å². The fourth-order valence-electron chi connectivity index (χ4n) is 4.80. The number of fused-ring (bicyclic) bond motifs is 2. The molecule has 0 aliphatic heterocycles. The van der Waals surface area contributed by atoms with Crippen molar-refractivity contribution in [2.24, 2.45) is 5.41 Å². The highest BCUT2D eigenvalue weighted by Crippen LogP contribution is 2.39. The lowest BCUT2D eigenvalue weighted by Gasteiger charge is -2.22. The molecule has 13 heteroatoms. The molecule has 1 aliphatic rings. The fraction of sp³-hybridized carbons (Fsp3) is 0.391. The van der Waals surface area contributed by atoms with Gasteiger partial charge < -0.3 is 15.2 Å². The molecule has 11 nitrogen and oxygen atoms in total. The number of anilines is 1. The number of hydrogen-bond acceptors (Lipinski definition) is 8. The predicted octanol–water partition coefficient (Wildman–Crippen LogP) is 3.52. The number of aromatic nitrogens is 6. The zero-order valence-corrected chi connectivity index (χ0v) is 22.3. The summed E-state index contributed by atoms with van der Waals surface area (Å²) in [7, 11) is 1.66. The predicted molar refractivity (Wildman–Crippen MR) is 140 cm³/mol. The number of nitrogens with zero attached hydrogens (tertiary/aromatic N) is 6. The van der Waals surface area contributed by atoms with E-state index in [1.807, 2.05) is 13.0 Å². The van der Waals surface area contributed by atoms with E-state index in [4.69, 9.17) is 4.98 Å². The summed E-state index contributed by atoms with van der Waals surface area (Å²) in [5.41, 5.74) is 2.48. The van der Waals surface area contributed by atoms with Crippen LogP contribution in [0.25, 0.3) is 27.8 Å². The molecule has 188 valence electrons. The van der Waals surface area contributed by atoms with Crippen molar-refractivity contribution in [2.45, 2.75) is 44.4 Å². The van der Waals surface area contributed by atoms with Gasteiger partial charge in [0.1, 0.15) is 4.60 Å². The van der Waals surface area contributed by atoms with E-state index < -0.39 is 21.7 Å². The zero-order valence-electron chi connectivity index (χ0n) is 19.9. The Kier molecular flexibility index (Phi) is 6.47. The van der Waals surface area contributed by atoms with Crippen LogP contribution in [0.5, 0.6) is 0 Å². The number of amides is 1. The summed E-state index contributed by atoms with van der Waals surface area (Å²) in [6.07, 6.45) is 7.12. The maximum atomic E-state index is 12.3. The van der Waals surface area contributed by atoms with Gasteiger partial charge in [0.15, 0.2) is 16.7 Å². The maximum Gasteiger partial charge on any atom is 0.225 e. The Hall–Kier alpha value is -3.03. The van der Waals surface area contributed by atoms with Gasteiger partial charge in [0.05, 0.1) is 27.4 Å². The molecule has 1 fully saturated rings. The molecule has 1 saturated carbocycles. The van der Waals surface area contributed by atoms with Gasteiger partial charge in [-0.25, -0.2) is 13.9 Å². The van der Waals surface area contributed by atoms with Crippen LogP contribution in [0.4, 0.5) is 5.95 Å². The smallest absolute Gasteiger partial charge is 0.225 e. The highest BCUT2D eigenvalue weighted by molar-refractivity contribution is 9.10. The van der Waals surface area contributed by atoms with Crippen LogP contribution in [-0.2, 0) is 15.9 Å². The second kappa shape index (κ2) is 9.45. The van der Waals surface area contributed by atoms with Crippen molar-refractivity contribution in [3.05, 3.63) is 40.9 Å². The quantitative estimate of drug-likeness (QED) is 0.295. The Bertz CT molecular complexity index is 1510. The van der Waals surface area contributed by atoms with E-state index in [1.165, 1.54) is 0 Å². The van der Waals surface area contributed by atoms with Gasteiger partial charge in [-0.2, -0.15) is 10.1 Å². The van der Waals surface area contributed by atoms with Crippen molar-refractivity contribution < 1.29 is 13.6 Å². The van der Waals surface area contributed by atoms with Gasteiger partial charge >= 0.3 is 0 Å². The largest absolute Gasteiger partial charge is 0.359 e. The molecule has 4 aromatic rings. The molecular formula is C23H25BrN8O3S. The minimum absolute atomic E-state index is 0.0402. The van der Waals surface area contributed by atoms with Gasteiger partial charge in [-0.1, -0.05) is 6.92 Å². The first-order valence-corrected chi connectivity index (χ1v) is 13.4. The van der Waals surface area contributed by atoms with Crippen molar-refractivity contribution in [3.8, 4) is 5.69 Å². The van der Waals surface area contributed by atoms with Crippen LogP contribution in [0.3, 0.4) is 0 Å². The summed E-state index contributed by atoms with van der Waals surface area (Å²) in [5.74, 6) is 0.478. The molecule has 1 aromatic carbocycles. The van der Waals surface area contributed by atoms with E-state index in [0.717, 1.165) is 12.8 Å². The number of carbonyl (C=O) groups excluding carboxylic acids is 1. The molecule has 3 heterocycles. The summed E-state index contributed by atoms with van der Waals surface area (Å²) in [5, 5.41) is 10.8. The fourth-order valence-corrected chi connectivity index (χ4v) is 5.64. The number of nitrogens with one attached hydrogen (secondary N) is 2. The average Bonchev–Trinajstić information content (AvgIpc) is 3.42. The van der Waals surface area contributed by atoms with Gasteiger partial charge in [-0.05, 0) is 59.8 Å². The summed E-state index contributed by atoms with van der Waals surface area (Å²) < 4.78 is 23.9. The Labute approximate surface area is 217 Å². The van der Waals surface area contributed by atoms with Crippen molar-refractivity contribution in [3.63, 3.8) is 0 Å². The standard InChI is InChI=1S/C23H25BrN8O3S/c1-12(36(34)35)15-8-14(9-17-18(15)27-7-6-26-17)32-20-16(19(24)31-32)11-28-22(30-20)29-13-4-5-23(2,10-13)21(33)25-3/h6-9,11-13H,4-5,10H2,1-3H3,(H,25,33)(H,34,35)(H,28,29,30)/t12?,13-,23-/m1/s1. The number of halogens is 1. The van der Waals surface area contributed by atoms with Crippen LogP contribution in [0, 0.1) is 5.41 Å². The molecule has 36 heavy (non-hydrogen) atoms. The van der Waals surface area contributed by atoms with Gasteiger partial charge in [0.25, 0.3) is 0 Å². The Morgan fingerprint density at radius 3 is 2.83 bits per heavy atom. The molecule has 3 aromatic heterocycles. The molecular weight excluding hydrogens is 548 g/mol. The molecule has 2 unspecified atom stereocenters. The number of benzene rings is 1. The van der Waals surface area contributed by atoms with Crippen molar-refractivity contribution >= 4 is 60.9 Å². The molecule has 1 aliphatic carbocycles. The lowest BCUT2D eigenvalue weighted by molar-refractivity contribution is -0.129. The number of rotatable bonds is 6. The average molecular weight is 573 g/mol. The van der Waals surface area contributed by atoms with Crippen LogP contribution < -0.4 is 10.6 Å². The van der Waals surface area contributed by atoms with E-state index in [0.29, 0.717) is 50.3 Å². The van der Waals surface area contributed by atoms with E-state index in [9.17, 15) is 13.6 Å². The highest BCUT2D eigenvalue weighted by Gasteiger charge is 2.41. The molecule has 4 atom stereocenters. The molecule has 0 radical (unpaired) electrons.